The second-order valence-corrected chi connectivity index (χ2v) is 5.69. The summed E-state index contributed by atoms with van der Waals surface area (Å²) in [4.78, 5) is 23.4. The van der Waals surface area contributed by atoms with Gasteiger partial charge in [-0.2, -0.15) is 0 Å². The van der Waals surface area contributed by atoms with Gasteiger partial charge in [0.2, 0.25) is 5.91 Å². The zero-order valence-corrected chi connectivity index (χ0v) is 13.2. The van der Waals surface area contributed by atoms with Crippen molar-refractivity contribution in [1.29, 1.82) is 0 Å². The maximum Gasteiger partial charge on any atom is 0.304 e. The van der Waals surface area contributed by atoms with Gasteiger partial charge in [0.1, 0.15) is 0 Å². The Hall–Kier alpha value is -2.62. The molecule has 0 aliphatic carbocycles. The van der Waals surface area contributed by atoms with Crippen molar-refractivity contribution in [3.63, 3.8) is 0 Å². The third kappa shape index (κ3) is 5.58. The number of carbonyl (C=O) groups excluding carboxylic acids is 1. The lowest BCUT2D eigenvalue weighted by atomic mass is 9.94. The van der Waals surface area contributed by atoms with Gasteiger partial charge < -0.3 is 10.4 Å². The van der Waals surface area contributed by atoms with Crippen LogP contribution in [0.4, 0.5) is 0 Å². The number of carboxylic acids is 1. The Morgan fingerprint density at radius 2 is 1.65 bits per heavy atom. The van der Waals surface area contributed by atoms with Gasteiger partial charge in [0.05, 0.1) is 12.3 Å². The third-order valence-corrected chi connectivity index (χ3v) is 3.70. The zero-order valence-electron chi connectivity index (χ0n) is 13.2. The molecule has 0 radical (unpaired) electrons. The number of hydrogen-bond acceptors (Lipinski definition) is 2. The van der Waals surface area contributed by atoms with Crippen LogP contribution in [0.5, 0.6) is 0 Å². The summed E-state index contributed by atoms with van der Waals surface area (Å²) in [6, 6.07) is 17.4. The predicted molar refractivity (Wildman–Crippen MR) is 88.9 cm³/mol. The Bertz CT molecular complexity index is 650. The number of aliphatic carboxylic acids is 1. The molecule has 2 aromatic carbocycles. The lowest BCUT2D eigenvalue weighted by Gasteiger charge is -2.15. The minimum absolute atomic E-state index is 0.172. The molecule has 2 N–H and O–H groups in total. The SMILES string of the molecule is Cc1ccc(C[C@H](CC(=O)O)C(=O)NCc2ccccc2)cc1. The molecule has 4 heteroatoms. The molecule has 2 rings (SSSR count). The van der Waals surface area contributed by atoms with Crippen LogP contribution in [0.2, 0.25) is 0 Å². The summed E-state index contributed by atoms with van der Waals surface area (Å²) in [5.41, 5.74) is 3.10. The molecule has 0 spiro atoms. The van der Waals surface area contributed by atoms with Crippen LogP contribution in [-0.2, 0) is 22.6 Å². The quantitative estimate of drug-likeness (QED) is 0.826. The van der Waals surface area contributed by atoms with Crippen molar-refractivity contribution in [2.75, 3.05) is 0 Å². The molecule has 0 aliphatic heterocycles. The van der Waals surface area contributed by atoms with Crippen molar-refractivity contribution >= 4 is 11.9 Å². The molecule has 0 saturated carbocycles. The van der Waals surface area contributed by atoms with Gasteiger partial charge in [-0.1, -0.05) is 60.2 Å². The average Bonchev–Trinajstić information content (AvgIpc) is 2.54. The molecule has 0 saturated heterocycles. The van der Waals surface area contributed by atoms with Crippen LogP contribution < -0.4 is 5.32 Å². The number of benzene rings is 2. The van der Waals surface area contributed by atoms with Gasteiger partial charge in [-0.05, 0) is 24.5 Å². The minimum Gasteiger partial charge on any atom is -0.481 e. The van der Waals surface area contributed by atoms with Crippen LogP contribution in [0.3, 0.4) is 0 Å². The molecule has 4 nitrogen and oxygen atoms in total. The summed E-state index contributed by atoms with van der Waals surface area (Å²) in [5.74, 6) is -1.76. The van der Waals surface area contributed by atoms with E-state index < -0.39 is 11.9 Å². The molecule has 0 aromatic heterocycles. The molecule has 0 bridgehead atoms. The number of hydrogen-bond donors (Lipinski definition) is 2. The lowest BCUT2D eigenvalue weighted by molar-refractivity contribution is -0.141. The number of rotatable bonds is 7. The van der Waals surface area contributed by atoms with E-state index in [0.29, 0.717) is 13.0 Å². The van der Waals surface area contributed by atoms with Gasteiger partial charge in [-0.3, -0.25) is 9.59 Å². The standard InChI is InChI=1S/C19H21NO3/c1-14-7-9-15(10-8-14)11-17(12-18(21)22)19(23)20-13-16-5-3-2-4-6-16/h2-10,17H,11-13H2,1H3,(H,20,23)(H,21,22)/t17-/m1/s1. The van der Waals surface area contributed by atoms with Crippen molar-refractivity contribution in [1.82, 2.24) is 5.32 Å². The molecular formula is C19H21NO3. The Balaban J connectivity index is 2.00. The minimum atomic E-state index is -0.961. The fourth-order valence-corrected chi connectivity index (χ4v) is 2.41. The largest absolute Gasteiger partial charge is 0.481 e. The van der Waals surface area contributed by atoms with Gasteiger partial charge in [0, 0.05) is 6.54 Å². The van der Waals surface area contributed by atoms with E-state index in [9.17, 15) is 9.59 Å². The van der Waals surface area contributed by atoms with Gasteiger partial charge in [-0.15, -0.1) is 0 Å². The highest BCUT2D eigenvalue weighted by Crippen LogP contribution is 2.14. The van der Waals surface area contributed by atoms with E-state index in [2.05, 4.69) is 5.32 Å². The monoisotopic (exact) mass is 311 g/mol. The number of carboxylic acid groups (broad SMARTS) is 1. The van der Waals surface area contributed by atoms with Crippen LogP contribution in [0.15, 0.2) is 54.6 Å². The van der Waals surface area contributed by atoms with Crippen LogP contribution in [0.25, 0.3) is 0 Å². The van der Waals surface area contributed by atoms with Gasteiger partial charge >= 0.3 is 5.97 Å². The van der Waals surface area contributed by atoms with Gasteiger partial charge in [0.15, 0.2) is 0 Å². The zero-order chi connectivity index (χ0) is 16.7. The first-order valence-electron chi connectivity index (χ1n) is 7.63. The average molecular weight is 311 g/mol. The molecular weight excluding hydrogens is 290 g/mol. The maximum atomic E-state index is 12.3. The van der Waals surface area contributed by atoms with Crippen molar-refractivity contribution in [3.05, 3.63) is 71.3 Å². The second-order valence-electron chi connectivity index (χ2n) is 5.69. The Kier molecular flexibility index (Phi) is 5.92. The summed E-state index contributed by atoms with van der Waals surface area (Å²) >= 11 is 0. The molecule has 0 unspecified atom stereocenters. The van der Waals surface area contributed by atoms with E-state index in [0.717, 1.165) is 16.7 Å². The molecule has 0 fully saturated rings. The molecule has 1 amide bonds. The van der Waals surface area contributed by atoms with Gasteiger partial charge in [0.25, 0.3) is 0 Å². The van der Waals surface area contributed by atoms with E-state index in [1.54, 1.807) is 0 Å². The fraction of sp³-hybridized carbons (Fsp3) is 0.263. The molecule has 120 valence electrons. The first-order valence-corrected chi connectivity index (χ1v) is 7.63. The first-order chi connectivity index (χ1) is 11.0. The first kappa shape index (κ1) is 16.7. The fourth-order valence-electron chi connectivity index (χ4n) is 2.41. The topological polar surface area (TPSA) is 66.4 Å². The smallest absolute Gasteiger partial charge is 0.304 e. The van der Waals surface area contributed by atoms with E-state index in [4.69, 9.17) is 5.11 Å². The lowest BCUT2D eigenvalue weighted by Crippen LogP contribution is -2.33. The third-order valence-electron chi connectivity index (χ3n) is 3.70. The molecule has 0 aliphatic rings. The number of carbonyl (C=O) groups is 2. The molecule has 2 aromatic rings. The highest BCUT2D eigenvalue weighted by atomic mass is 16.4. The van der Waals surface area contributed by atoms with Crippen LogP contribution in [0.1, 0.15) is 23.1 Å². The normalized spacial score (nSPS) is 11.7. The van der Waals surface area contributed by atoms with E-state index in [1.165, 1.54) is 0 Å². The number of nitrogens with one attached hydrogen (secondary N) is 1. The van der Waals surface area contributed by atoms with E-state index in [-0.39, 0.29) is 12.3 Å². The summed E-state index contributed by atoms with van der Waals surface area (Å²) < 4.78 is 0. The Morgan fingerprint density at radius 1 is 1.00 bits per heavy atom. The van der Waals surface area contributed by atoms with E-state index in [1.807, 2.05) is 61.5 Å². The van der Waals surface area contributed by atoms with Crippen LogP contribution in [-0.4, -0.2) is 17.0 Å². The van der Waals surface area contributed by atoms with Gasteiger partial charge in [-0.25, -0.2) is 0 Å². The van der Waals surface area contributed by atoms with E-state index >= 15 is 0 Å². The summed E-state index contributed by atoms with van der Waals surface area (Å²) in [5, 5.41) is 11.9. The molecule has 23 heavy (non-hydrogen) atoms. The highest BCUT2D eigenvalue weighted by Gasteiger charge is 2.22. The molecule has 0 heterocycles. The van der Waals surface area contributed by atoms with Crippen LogP contribution >= 0.6 is 0 Å². The van der Waals surface area contributed by atoms with Crippen molar-refractivity contribution in [3.8, 4) is 0 Å². The Morgan fingerprint density at radius 3 is 2.26 bits per heavy atom. The summed E-state index contributed by atoms with van der Waals surface area (Å²) in [6.45, 7) is 2.40. The Labute approximate surface area is 136 Å². The highest BCUT2D eigenvalue weighted by molar-refractivity contribution is 5.83. The summed E-state index contributed by atoms with van der Waals surface area (Å²) in [7, 11) is 0. The maximum absolute atomic E-state index is 12.3. The number of amides is 1. The van der Waals surface area contributed by atoms with Crippen molar-refractivity contribution < 1.29 is 14.7 Å². The summed E-state index contributed by atoms with van der Waals surface area (Å²) in [6.07, 6.45) is 0.252. The number of aryl methyl sites for hydroxylation is 1. The predicted octanol–water partition coefficient (Wildman–Crippen LogP) is 2.94. The molecule has 1 atom stereocenters. The second kappa shape index (κ2) is 8.13. The van der Waals surface area contributed by atoms with Crippen molar-refractivity contribution in [2.24, 2.45) is 5.92 Å². The van der Waals surface area contributed by atoms with Crippen molar-refractivity contribution in [2.45, 2.75) is 26.3 Å². The van der Waals surface area contributed by atoms with Crippen LogP contribution in [0, 0.1) is 12.8 Å².